The lowest BCUT2D eigenvalue weighted by Crippen LogP contribution is -2.21. The van der Waals surface area contributed by atoms with Crippen LogP contribution in [0.5, 0.6) is 17.2 Å². The molecule has 39 heavy (non-hydrogen) atoms. The van der Waals surface area contributed by atoms with Crippen molar-refractivity contribution in [3.05, 3.63) is 80.0 Å². The number of methoxy groups -OCH3 is 2. The van der Waals surface area contributed by atoms with Crippen molar-refractivity contribution in [3.8, 4) is 28.6 Å². The second-order valence-corrected chi connectivity index (χ2v) is 10.0. The van der Waals surface area contributed by atoms with Crippen LogP contribution < -0.4 is 25.5 Å². The van der Waals surface area contributed by atoms with E-state index >= 15 is 0 Å². The van der Waals surface area contributed by atoms with Gasteiger partial charge in [0.25, 0.3) is 11.5 Å². The van der Waals surface area contributed by atoms with Gasteiger partial charge in [0.1, 0.15) is 5.75 Å². The van der Waals surface area contributed by atoms with E-state index in [1.54, 1.807) is 31.4 Å². The van der Waals surface area contributed by atoms with Crippen molar-refractivity contribution in [3.63, 3.8) is 0 Å². The number of rotatable bonds is 9. The van der Waals surface area contributed by atoms with E-state index < -0.39 is 5.91 Å². The summed E-state index contributed by atoms with van der Waals surface area (Å²) in [6.07, 6.45) is 1.54. The van der Waals surface area contributed by atoms with Crippen LogP contribution >= 0.6 is 15.9 Å². The molecule has 0 aliphatic carbocycles. The summed E-state index contributed by atoms with van der Waals surface area (Å²) in [5.74, 6) is 1.46. The Bertz CT molecular complexity index is 1650. The monoisotopic (exact) mass is 592 g/mol. The van der Waals surface area contributed by atoms with E-state index in [0.717, 1.165) is 22.4 Å². The van der Waals surface area contributed by atoms with Crippen molar-refractivity contribution >= 4 is 39.0 Å². The van der Waals surface area contributed by atoms with Gasteiger partial charge in [-0.15, -0.1) is 0 Å². The average Bonchev–Trinajstić information content (AvgIpc) is 2.91. The molecule has 3 aromatic carbocycles. The number of nitrogens with two attached hydrogens (primary N) is 1. The lowest BCUT2D eigenvalue weighted by molar-refractivity contribution is -0.119. The molecule has 0 atom stereocenters. The first-order valence-corrected chi connectivity index (χ1v) is 13.0. The number of aryl methyl sites for hydroxylation is 1. The number of carbonyl (C=O) groups is 1. The molecule has 9 nitrogen and oxygen atoms in total. The second-order valence-electron chi connectivity index (χ2n) is 9.16. The Kier molecular flexibility index (Phi) is 8.35. The molecule has 0 saturated heterocycles. The summed E-state index contributed by atoms with van der Waals surface area (Å²) in [4.78, 5) is 29.7. The molecular weight excluding hydrogens is 564 g/mol. The standard InChI is InChI=1S/C29H29BrN4O5/c1-16(2)20-12-21(17(3)10-24(20)37-4)28-33-23-9-7-6-8-19(23)29(36)34(28)32-14-18-11-25(38-5)26(13-22(18)30)39-15-27(31)35/h6-14,16H,15H2,1-5H3,(H2,31,35). The summed E-state index contributed by atoms with van der Waals surface area (Å²) in [6, 6.07) is 14.5. The fourth-order valence-corrected chi connectivity index (χ4v) is 4.59. The molecule has 10 heteroatoms. The molecule has 4 rings (SSSR count). The van der Waals surface area contributed by atoms with Crippen molar-refractivity contribution in [2.75, 3.05) is 20.8 Å². The Morgan fingerprint density at radius 1 is 1.10 bits per heavy atom. The molecule has 202 valence electrons. The summed E-state index contributed by atoms with van der Waals surface area (Å²) in [5.41, 5.74) is 8.73. The Balaban J connectivity index is 1.91. The third-order valence-corrected chi connectivity index (χ3v) is 6.85. The van der Waals surface area contributed by atoms with Crippen LogP contribution in [0.25, 0.3) is 22.3 Å². The Morgan fingerprint density at radius 3 is 2.49 bits per heavy atom. The second kappa shape index (κ2) is 11.7. The predicted octanol–water partition coefficient (Wildman–Crippen LogP) is 5.02. The van der Waals surface area contributed by atoms with Gasteiger partial charge in [0.05, 0.1) is 31.3 Å². The summed E-state index contributed by atoms with van der Waals surface area (Å²) >= 11 is 3.51. The van der Waals surface area contributed by atoms with Gasteiger partial charge < -0.3 is 19.9 Å². The number of hydrogen-bond acceptors (Lipinski definition) is 7. The number of amides is 1. The molecule has 0 radical (unpaired) electrons. The van der Waals surface area contributed by atoms with Crippen molar-refractivity contribution in [2.24, 2.45) is 10.8 Å². The van der Waals surface area contributed by atoms with Gasteiger partial charge in [-0.1, -0.05) is 26.0 Å². The summed E-state index contributed by atoms with van der Waals surface area (Å²) in [5, 5.41) is 5.03. The molecule has 0 aliphatic heterocycles. The first-order chi connectivity index (χ1) is 18.6. The van der Waals surface area contributed by atoms with E-state index in [-0.39, 0.29) is 18.1 Å². The predicted molar refractivity (Wildman–Crippen MR) is 155 cm³/mol. The SMILES string of the molecule is COc1cc(C=Nn2c(-c3cc(C(C)C)c(OC)cc3C)nc3ccccc3c2=O)c(Br)cc1OCC(N)=O. The average molecular weight is 593 g/mol. The Labute approximate surface area is 234 Å². The number of primary amides is 1. The number of benzene rings is 3. The van der Waals surface area contributed by atoms with Crippen LogP contribution in [0.3, 0.4) is 0 Å². The molecule has 4 aromatic rings. The summed E-state index contributed by atoms with van der Waals surface area (Å²) in [6.45, 7) is 5.82. The molecule has 0 saturated carbocycles. The molecule has 0 aliphatic rings. The van der Waals surface area contributed by atoms with E-state index in [2.05, 4.69) is 34.9 Å². The van der Waals surface area contributed by atoms with Gasteiger partial charge in [-0.25, -0.2) is 4.98 Å². The third kappa shape index (κ3) is 5.80. The zero-order valence-corrected chi connectivity index (χ0v) is 23.9. The van der Waals surface area contributed by atoms with Crippen LogP contribution in [0.15, 0.2) is 62.9 Å². The van der Waals surface area contributed by atoms with Crippen LogP contribution in [0.1, 0.15) is 36.5 Å². The zero-order valence-electron chi connectivity index (χ0n) is 22.3. The zero-order chi connectivity index (χ0) is 28.3. The summed E-state index contributed by atoms with van der Waals surface area (Å²) in [7, 11) is 3.13. The number of aromatic nitrogens is 2. The minimum atomic E-state index is -0.607. The molecule has 2 N–H and O–H groups in total. The van der Waals surface area contributed by atoms with E-state index in [0.29, 0.717) is 38.3 Å². The topological polar surface area (TPSA) is 118 Å². The maximum absolute atomic E-state index is 13.7. The fourth-order valence-electron chi connectivity index (χ4n) is 4.16. The van der Waals surface area contributed by atoms with Gasteiger partial charge in [0, 0.05) is 15.6 Å². The maximum Gasteiger partial charge on any atom is 0.282 e. The van der Waals surface area contributed by atoms with Crippen molar-refractivity contribution in [1.82, 2.24) is 9.66 Å². The smallest absolute Gasteiger partial charge is 0.282 e. The number of para-hydroxylation sites is 1. The molecule has 0 fully saturated rings. The van der Waals surface area contributed by atoms with Crippen molar-refractivity contribution in [1.29, 1.82) is 0 Å². The normalized spacial score (nSPS) is 11.4. The minimum Gasteiger partial charge on any atom is -0.496 e. The van der Waals surface area contributed by atoms with Gasteiger partial charge in [-0.2, -0.15) is 9.78 Å². The number of hydrogen-bond donors (Lipinski definition) is 1. The van der Waals surface area contributed by atoms with E-state index in [9.17, 15) is 9.59 Å². The highest BCUT2D eigenvalue weighted by Crippen LogP contribution is 2.35. The highest BCUT2D eigenvalue weighted by atomic mass is 79.9. The minimum absolute atomic E-state index is 0.183. The molecule has 0 spiro atoms. The van der Waals surface area contributed by atoms with Gasteiger partial charge in [-0.05, 0) is 76.3 Å². The quantitative estimate of drug-likeness (QED) is 0.273. The number of fused-ring (bicyclic) bond motifs is 1. The number of nitrogens with zero attached hydrogens (tertiary/aromatic N) is 3. The van der Waals surface area contributed by atoms with E-state index in [1.807, 2.05) is 31.2 Å². The van der Waals surface area contributed by atoms with Crippen molar-refractivity contribution < 1.29 is 19.0 Å². The lowest BCUT2D eigenvalue weighted by Gasteiger charge is -2.17. The first-order valence-electron chi connectivity index (χ1n) is 12.2. The molecule has 1 heterocycles. The van der Waals surface area contributed by atoms with Crippen LogP contribution in [0, 0.1) is 6.92 Å². The maximum atomic E-state index is 13.7. The van der Waals surface area contributed by atoms with Crippen LogP contribution in [0.2, 0.25) is 0 Å². The van der Waals surface area contributed by atoms with Crippen molar-refractivity contribution in [2.45, 2.75) is 26.7 Å². The molecule has 0 bridgehead atoms. The molecule has 0 unspecified atom stereocenters. The van der Waals surface area contributed by atoms with Crippen LogP contribution in [-0.2, 0) is 4.79 Å². The van der Waals surface area contributed by atoms with Gasteiger partial charge in [-0.3, -0.25) is 9.59 Å². The Morgan fingerprint density at radius 2 is 1.82 bits per heavy atom. The molecule has 1 amide bonds. The lowest BCUT2D eigenvalue weighted by atomic mass is 9.96. The molecule has 1 aromatic heterocycles. The highest BCUT2D eigenvalue weighted by Gasteiger charge is 2.19. The molecular formula is C29H29BrN4O5. The highest BCUT2D eigenvalue weighted by molar-refractivity contribution is 9.10. The van der Waals surface area contributed by atoms with Gasteiger partial charge >= 0.3 is 0 Å². The van der Waals surface area contributed by atoms with Crippen LogP contribution in [0.4, 0.5) is 0 Å². The van der Waals surface area contributed by atoms with Gasteiger partial charge in [0.15, 0.2) is 23.9 Å². The summed E-state index contributed by atoms with van der Waals surface area (Å²) < 4.78 is 18.4. The largest absolute Gasteiger partial charge is 0.496 e. The van der Waals surface area contributed by atoms with Crippen LogP contribution in [-0.4, -0.2) is 42.6 Å². The van der Waals surface area contributed by atoms with Gasteiger partial charge in [0.2, 0.25) is 0 Å². The van der Waals surface area contributed by atoms with E-state index in [4.69, 9.17) is 24.9 Å². The van der Waals surface area contributed by atoms with E-state index in [1.165, 1.54) is 18.0 Å². The number of ether oxygens (including phenoxy) is 3. The first kappa shape index (κ1) is 27.8. The number of halogens is 1. The fraction of sp³-hybridized carbons (Fsp3) is 0.241. The Hall–Kier alpha value is -4.18. The number of carbonyl (C=O) groups excluding carboxylic acids is 1. The third-order valence-electron chi connectivity index (χ3n) is 6.16.